The molecule has 1 aromatic carbocycles. The summed E-state index contributed by atoms with van der Waals surface area (Å²) in [6, 6.07) is 14.0. The monoisotopic (exact) mass is 442 g/mol. The van der Waals surface area contributed by atoms with Crippen molar-refractivity contribution in [2.45, 2.75) is 13.0 Å². The van der Waals surface area contributed by atoms with Crippen LogP contribution in [0.3, 0.4) is 0 Å². The van der Waals surface area contributed by atoms with E-state index in [1.165, 1.54) is 0 Å². The minimum atomic E-state index is -1.06. The molecule has 0 radical (unpaired) electrons. The second-order valence-electron chi connectivity index (χ2n) is 7.25. The van der Waals surface area contributed by atoms with Crippen LogP contribution < -0.4 is 10.5 Å². The zero-order valence-electron chi connectivity index (χ0n) is 17.9. The number of benzene rings is 1. The maximum absolute atomic E-state index is 11.8. The van der Waals surface area contributed by atoms with E-state index in [2.05, 4.69) is 20.2 Å². The Bertz CT molecular complexity index is 1290. The number of nitrogen functional groups attached to an aromatic ring is 1. The number of nitrogens with two attached hydrogens (primary N) is 1. The molecule has 166 valence electrons. The minimum Gasteiger partial charge on any atom is -0.489 e. The van der Waals surface area contributed by atoms with Gasteiger partial charge in [-0.3, -0.25) is 4.98 Å². The second-order valence-corrected chi connectivity index (χ2v) is 7.25. The van der Waals surface area contributed by atoms with Gasteiger partial charge in [-0.15, -0.1) is 10.2 Å². The molecule has 0 saturated heterocycles. The minimum absolute atomic E-state index is 0.0891. The van der Waals surface area contributed by atoms with Crippen molar-refractivity contribution in [1.29, 1.82) is 0 Å². The number of aromatic nitrogens is 5. The largest absolute Gasteiger partial charge is 0.489 e. The summed E-state index contributed by atoms with van der Waals surface area (Å²) < 4.78 is 7.60. The summed E-state index contributed by atoms with van der Waals surface area (Å²) in [7, 11) is 0. The summed E-state index contributed by atoms with van der Waals surface area (Å²) in [5, 5.41) is 17.8. The first-order valence-electron chi connectivity index (χ1n) is 10.2. The van der Waals surface area contributed by atoms with E-state index in [0.29, 0.717) is 23.1 Å². The fraction of sp³-hybridized carbons (Fsp3) is 0.125. The lowest BCUT2D eigenvalue weighted by molar-refractivity contribution is 0.0693. The van der Waals surface area contributed by atoms with Crippen molar-refractivity contribution in [3.63, 3.8) is 0 Å². The van der Waals surface area contributed by atoms with Crippen molar-refractivity contribution >= 4 is 11.8 Å². The molecule has 0 aliphatic heterocycles. The molecule has 33 heavy (non-hydrogen) atoms. The molecule has 3 aromatic heterocycles. The van der Waals surface area contributed by atoms with Gasteiger partial charge in [0.05, 0.1) is 6.04 Å². The van der Waals surface area contributed by atoms with E-state index in [9.17, 15) is 9.90 Å². The Balaban J connectivity index is 1.45. The predicted molar refractivity (Wildman–Crippen MR) is 124 cm³/mol. The summed E-state index contributed by atoms with van der Waals surface area (Å²) in [5.41, 5.74) is 8.08. The van der Waals surface area contributed by atoms with Gasteiger partial charge in [0.2, 0.25) is 0 Å². The van der Waals surface area contributed by atoms with Gasteiger partial charge in [0.25, 0.3) is 0 Å². The number of hydrogen-bond donors (Lipinski definition) is 2. The van der Waals surface area contributed by atoms with Gasteiger partial charge in [0, 0.05) is 18.0 Å². The van der Waals surface area contributed by atoms with Gasteiger partial charge in [-0.25, -0.2) is 9.78 Å². The summed E-state index contributed by atoms with van der Waals surface area (Å²) in [6.07, 6.45) is 8.71. The fourth-order valence-corrected chi connectivity index (χ4v) is 3.32. The van der Waals surface area contributed by atoms with Crippen molar-refractivity contribution in [2.75, 3.05) is 12.3 Å². The van der Waals surface area contributed by atoms with Crippen LogP contribution in [0.25, 0.3) is 22.6 Å². The Morgan fingerprint density at radius 3 is 2.85 bits per heavy atom. The van der Waals surface area contributed by atoms with Crippen LogP contribution in [-0.4, -0.2) is 42.4 Å². The van der Waals surface area contributed by atoms with E-state index in [0.717, 1.165) is 11.1 Å². The molecule has 4 aromatic rings. The normalized spacial score (nSPS) is 12.0. The number of nitrogens with zero attached hydrogens (tertiary/aromatic N) is 5. The van der Waals surface area contributed by atoms with Gasteiger partial charge < -0.3 is 20.1 Å². The van der Waals surface area contributed by atoms with Gasteiger partial charge in [-0.1, -0.05) is 24.3 Å². The van der Waals surface area contributed by atoms with E-state index in [4.69, 9.17) is 10.5 Å². The first kappa shape index (κ1) is 21.7. The lowest BCUT2D eigenvalue weighted by Crippen LogP contribution is -2.06. The van der Waals surface area contributed by atoms with Gasteiger partial charge in [-0.2, -0.15) is 0 Å². The number of anilines is 1. The molecule has 0 saturated carbocycles. The number of aromatic carboxylic acids is 1. The Kier molecular flexibility index (Phi) is 6.40. The number of rotatable bonds is 8. The number of ether oxygens (including phenoxy) is 1. The van der Waals surface area contributed by atoms with E-state index in [-0.39, 0.29) is 18.2 Å². The molecular formula is C24H22N6O3. The summed E-state index contributed by atoms with van der Waals surface area (Å²) in [5.74, 6) is 0.236. The Morgan fingerprint density at radius 1 is 1.21 bits per heavy atom. The quantitative estimate of drug-likeness (QED) is 0.393. The van der Waals surface area contributed by atoms with Crippen molar-refractivity contribution < 1.29 is 14.6 Å². The fourth-order valence-electron chi connectivity index (χ4n) is 3.32. The van der Waals surface area contributed by atoms with Gasteiger partial charge in [0.1, 0.15) is 35.8 Å². The highest BCUT2D eigenvalue weighted by Gasteiger charge is 2.14. The number of carbonyl (C=O) groups is 1. The van der Waals surface area contributed by atoms with Crippen molar-refractivity contribution in [1.82, 2.24) is 24.7 Å². The van der Waals surface area contributed by atoms with Crippen molar-refractivity contribution in [3.05, 3.63) is 85.0 Å². The summed E-state index contributed by atoms with van der Waals surface area (Å²) >= 11 is 0. The highest BCUT2D eigenvalue weighted by Crippen LogP contribution is 2.27. The van der Waals surface area contributed by atoms with Crippen LogP contribution >= 0.6 is 0 Å². The molecule has 9 heteroatoms. The zero-order valence-corrected chi connectivity index (χ0v) is 17.9. The zero-order chi connectivity index (χ0) is 23.2. The molecule has 4 rings (SSSR count). The predicted octanol–water partition coefficient (Wildman–Crippen LogP) is 3.88. The molecule has 0 bridgehead atoms. The molecule has 0 spiro atoms. The van der Waals surface area contributed by atoms with Crippen LogP contribution in [0.4, 0.5) is 5.82 Å². The third-order valence-corrected chi connectivity index (χ3v) is 4.97. The van der Waals surface area contributed by atoms with E-state index >= 15 is 0 Å². The number of hydrogen-bond acceptors (Lipinski definition) is 7. The lowest BCUT2D eigenvalue weighted by Gasteiger charge is -2.12. The standard InChI is InChI=1S/C24H22N6O3/c1-16(30-15-27-29-23(30)20-7-2-8-22(25)28-20)5-4-12-33-21-10-9-17(13-19(21)24(31)32)18-6-3-11-26-14-18/h2-11,13-16H,12H2,1H3,(H2,25,28)(H,31,32)/b5-4+. The van der Waals surface area contributed by atoms with Gasteiger partial charge in [-0.05, 0) is 48.9 Å². The molecule has 0 aliphatic rings. The Hall–Kier alpha value is -4.53. The van der Waals surface area contributed by atoms with Crippen LogP contribution in [0.5, 0.6) is 5.75 Å². The molecule has 0 aliphatic carbocycles. The van der Waals surface area contributed by atoms with E-state index < -0.39 is 5.97 Å². The Labute approximate surface area is 190 Å². The molecule has 9 nitrogen and oxygen atoms in total. The lowest BCUT2D eigenvalue weighted by atomic mass is 10.0. The molecule has 1 atom stereocenters. The molecule has 0 amide bonds. The van der Waals surface area contributed by atoms with Gasteiger partial charge in [0.15, 0.2) is 5.82 Å². The van der Waals surface area contributed by atoms with Crippen LogP contribution in [0.1, 0.15) is 23.3 Å². The first-order valence-corrected chi connectivity index (χ1v) is 10.2. The van der Waals surface area contributed by atoms with Crippen molar-refractivity contribution in [3.8, 4) is 28.4 Å². The van der Waals surface area contributed by atoms with E-state index in [1.54, 1.807) is 43.0 Å². The van der Waals surface area contributed by atoms with Crippen LogP contribution in [-0.2, 0) is 0 Å². The van der Waals surface area contributed by atoms with Crippen LogP contribution in [0, 0.1) is 0 Å². The van der Waals surface area contributed by atoms with E-state index in [1.807, 2.05) is 47.9 Å². The Morgan fingerprint density at radius 2 is 2.09 bits per heavy atom. The van der Waals surface area contributed by atoms with Gasteiger partial charge >= 0.3 is 5.97 Å². The maximum Gasteiger partial charge on any atom is 0.339 e. The molecule has 1 unspecified atom stereocenters. The molecule has 3 N–H and O–H groups in total. The summed E-state index contributed by atoms with van der Waals surface area (Å²) in [4.78, 5) is 20.1. The number of pyridine rings is 2. The van der Waals surface area contributed by atoms with Crippen LogP contribution in [0.2, 0.25) is 0 Å². The highest BCUT2D eigenvalue weighted by atomic mass is 16.5. The second kappa shape index (κ2) is 9.73. The number of carboxylic acid groups (broad SMARTS) is 1. The molecule has 3 heterocycles. The molecule has 0 fully saturated rings. The third kappa shape index (κ3) is 5.04. The third-order valence-electron chi connectivity index (χ3n) is 4.97. The average molecular weight is 442 g/mol. The smallest absolute Gasteiger partial charge is 0.339 e. The first-order chi connectivity index (χ1) is 16.0. The summed E-state index contributed by atoms with van der Waals surface area (Å²) in [6.45, 7) is 2.17. The molecular weight excluding hydrogens is 420 g/mol. The average Bonchev–Trinajstić information content (AvgIpc) is 3.32. The SMILES string of the molecule is CC(/C=C/COc1ccc(-c2cccnc2)cc1C(=O)O)n1cnnc1-c1cccc(N)n1. The topological polar surface area (TPSA) is 129 Å². The maximum atomic E-state index is 11.8. The number of carboxylic acids is 1. The highest BCUT2D eigenvalue weighted by molar-refractivity contribution is 5.92. The van der Waals surface area contributed by atoms with Crippen LogP contribution in [0.15, 0.2) is 79.4 Å². The van der Waals surface area contributed by atoms with Crippen molar-refractivity contribution in [2.24, 2.45) is 0 Å². The number of allylic oxidation sites excluding steroid dienone is 1.